The van der Waals surface area contributed by atoms with Gasteiger partial charge < -0.3 is 16.2 Å². The highest BCUT2D eigenvalue weighted by atomic mass is 32.1. The maximum atomic E-state index is 12.8. The lowest BCUT2D eigenvalue weighted by atomic mass is 10.0. The first-order chi connectivity index (χ1) is 14.0. The Bertz CT molecular complexity index is 1090. The number of pyridine rings is 1. The molecule has 2 heterocycles. The molecule has 0 aliphatic heterocycles. The summed E-state index contributed by atoms with van der Waals surface area (Å²) in [5.74, 6) is 0.135. The Labute approximate surface area is 175 Å². The molecule has 0 spiro atoms. The number of rotatable bonds is 6. The highest BCUT2D eigenvalue weighted by molar-refractivity contribution is 7.21. The number of amides is 1. The molecule has 3 aromatic rings. The Hall–Kier alpha value is -2.60. The molecule has 1 aromatic carbocycles. The monoisotopic (exact) mass is 409 g/mol. The van der Waals surface area contributed by atoms with Crippen LogP contribution < -0.4 is 11.1 Å². The molecule has 0 atom stereocenters. The van der Waals surface area contributed by atoms with Gasteiger partial charge in [-0.2, -0.15) is 0 Å². The number of carbonyl (C=O) groups excluding carboxylic acids is 1. The Kier molecular flexibility index (Phi) is 5.46. The van der Waals surface area contributed by atoms with Crippen molar-refractivity contribution in [3.8, 4) is 5.75 Å². The molecule has 0 radical (unpaired) electrons. The van der Waals surface area contributed by atoms with E-state index in [0.717, 1.165) is 53.4 Å². The number of thiophene rings is 1. The molecule has 0 saturated carbocycles. The van der Waals surface area contributed by atoms with Gasteiger partial charge in [0.05, 0.1) is 5.69 Å². The van der Waals surface area contributed by atoms with Crippen molar-refractivity contribution in [2.75, 3.05) is 12.3 Å². The molecule has 6 heteroatoms. The first-order valence-electron chi connectivity index (χ1n) is 10.3. The molecule has 152 valence electrons. The molecule has 2 aromatic heterocycles. The van der Waals surface area contributed by atoms with Gasteiger partial charge >= 0.3 is 0 Å². The molecule has 4 rings (SSSR count). The summed E-state index contributed by atoms with van der Waals surface area (Å²) in [6.45, 7) is 4.52. The van der Waals surface area contributed by atoms with Gasteiger partial charge in [-0.1, -0.05) is 25.5 Å². The van der Waals surface area contributed by atoms with E-state index in [-0.39, 0.29) is 11.7 Å². The SMILES string of the molecule is CCCc1nc2sc(C(=O)NCCc3ccc(C)c(O)c3)c(N)c2c2c1CCC2. The van der Waals surface area contributed by atoms with Gasteiger partial charge in [0.15, 0.2) is 0 Å². The number of hydrogen-bond acceptors (Lipinski definition) is 5. The summed E-state index contributed by atoms with van der Waals surface area (Å²) in [4.78, 5) is 19.1. The van der Waals surface area contributed by atoms with Crippen molar-refractivity contribution in [1.29, 1.82) is 0 Å². The van der Waals surface area contributed by atoms with E-state index >= 15 is 0 Å². The number of fused-ring (bicyclic) bond motifs is 3. The van der Waals surface area contributed by atoms with Crippen LogP contribution in [0.1, 0.15) is 57.4 Å². The van der Waals surface area contributed by atoms with Gasteiger partial charge in [0.25, 0.3) is 5.91 Å². The fraction of sp³-hybridized carbons (Fsp3) is 0.391. The number of phenolic OH excluding ortho intramolecular Hbond substituents is 1. The number of aromatic nitrogens is 1. The first-order valence-corrected chi connectivity index (χ1v) is 11.1. The highest BCUT2D eigenvalue weighted by Crippen LogP contribution is 2.40. The number of anilines is 1. The largest absolute Gasteiger partial charge is 0.508 e. The molecule has 1 amide bonds. The molecular weight excluding hydrogens is 382 g/mol. The van der Waals surface area contributed by atoms with Crippen molar-refractivity contribution in [3.05, 3.63) is 51.0 Å². The Balaban J connectivity index is 1.55. The maximum Gasteiger partial charge on any atom is 0.263 e. The third kappa shape index (κ3) is 3.69. The third-order valence-corrected chi connectivity index (χ3v) is 6.80. The Morgan fingerprint density at radius 2 is 2.07 bits per heavy atom. The lowest BCUT2D eigenvalue weighted by Crippen LogP contribution is -2.25. The van der Waals surface area contributed by atoms with Crippen LogP contribution in [0.4, 0.5) is 5.69 Å². The molecular formula is C23H27N3O2S. The van der Waals surface area contributed by atoms with Crippen LogP contribution in [-0.4, -0.2) is 22.5 Å². The van der Waals surface area contributed by atoms with Crippen LogP contribution in [0.5, 0.6) is 5.75 Å². The minimum absolute atomic E-state index is 0.148. The zero-order valence-corrected chi connectivity index (χ0v) is 17.8. The van der Waals surface area contributed by atoms with Crippen LogP contribution in [-0.2, 0) is 25.7 Å². The second kappa shape index (κ2) is 8.03. The van der Waals surface area contributed by atoms with Crippen LogP contribution in [0, 0.1) is 6.92 Å². The molecule has 29 heavy (non-hydrogen) atoms. The second-order valence-electron chi connectivity index (χ2n) is 7.77. The molecule has 1 aliphatic carbocycles. The van der Waals surface area contributed by atoms with E-state index in [4.69, 9.17) is 10.7 Å². The summed E-state index contributed by atoms with van der Waals surface area (Å²) >= 11 is 1.40. The fourth-order valence-corrected chi connectivity index (χ4v) is 5.21. The standard InChI is InChI=1S/C23H27N3O2S/c1-3-5-17-15-6-4-7-16(15)19-20(24)21(29-23(19)26-17)22(28)25-11-10-14-9-8-13(2)18(27)12-14/h8-9,12,27H,3-7,10-11,24H2,1-2H3,(H,25,28). The van der Waals surface area contributed by atoms with E-state index in [1.165, 1.54) is 28.2 Å². The van der Waals surface area contributed by atoms with Crippen molar-refractivity contribution in [1.82, 2.24) is 10.3 Å². The van der Waals surface area contributed by atoms with Crippen LogP contribution in [0.3, 0.4) is 0 Å². The van der Waals surface area contributed by atoms with Crippen molar-refractivity contribution in [2.24, 2.45) is 0 Å². The molecule has 5 nitrogen and oxygen atoms in total. The van der Waals surface area contributed by atoms with Crippen molar-refractivity contribution in [3.63, 3.8) is 0 Å². The number of nitrogens with two attached hydrogens (primary N) is 1. The van der Waals surface area contributed by atoms with E-state index in [9.17, 15) is 9.90 Å². The van der Waals surface area contributed by atoms with Gasteiger partial charge in [0.2, 0.25) is 0 Å². The van der Waals surface area contributed by atoms with Gasteiger partial charge in [0, 0.05) is 17.6 Å². The molecule has 4 N–H and O–H groups in total. The van der Waals surface area contributed by atoms with Gasteiger partial charge in [-0.05, 0) is 67.3 Å². The number of aryl methyl sites for hydroxylation is 3. The number of nitrogens with one attached hydrogen (secondary N) is 1. The minimum atomic E-state index is -0.148. The topological polar surface area (TPSA) is 88.2 Å². The summed E-state index contributed by atoms with van der Waals surface area (Å²) in [5, 5.41) is 13.8. The average Bonchev–Trinajstić information content (AvgIpc) is 3.29. The van der Waals surface area contributed by atoms with Gasteiger partial charge in [-0.15, -0.1) is 11.3 Å². The predicted octanol–water partition coefficient (Wildman–Crippen LogP) is 4.31. The summed E-state index contributed by atoms with van der Waals surface area (Å²) < 4.78 is 0. The van der Waals surface area contributed by atoms with Gasteiger partial charge in [-0.3, -0.25) is 4.79 Å². The van der Waals surface area contributed by atoms with E-state index in [1.807, 2.05) is 19.1 Å². The molecule has 0 unspecified atom stereocenters. The maximum absolute atomic E-state index is 12.8. The summed E-state index contributed by atoms with van der Waals surface area (Å²) in [6, 6.07) is 5.60. The van der Waals surface area contributed by atoms with E-state index in [0.29, 0.717) is 23.5 Å². The molecule has 0 bridgehead atoms. The Morgan fingerprint density at radius 1 is 1.28 bits per heavy atom. The Morgan fingerprint density at radius 3 is 2.83 bits per heavy atom. The lowest BCUT2D eigenvalue weighted by Gasteiger charge is -2.08. The highest BCUT2D eigenvalue weighted by Gasteiger charge is 2.25. The van der Waals surface area contributed by atoms with Crippen LogP contribution >= 0.6 is 11.3 Å². The van der Waals surface area contributed by atoms with Gasteiger partial charge in [-0.25, -0.2) is 4.98 Å². The van der Waals surface area contributed by atoms with E-state index < -0.39 is 0 Å². The van der Waals surface area contributed by atoms with E-state index in [1.54, 1.807) is 6.07 Å². The summed E-state index contributed by atoms with van der Waals surface area (Å²) in [5.41, 5.74) is 12.7. The minimum Gasteiger partial charge on any atom is -0.508 e. The normalized spacial score (nSPS) is 13.0. The van der Waals surface area contributed by atoms with Crippen molar-refractivity contribution < 1.29 is 9.90 Å². The van der Waals surface area contributed by atoms with Crippen LogP contribution in [0.25, 0.3) is 10.2 Å². The quantitative estimate of drug-likeness (QED) is 0.566. The molecule has 0 fully saturated rings. The fourth-order valence-electron chi connectivity index (χ4n) is 4.15. The van der Waals surface area contributed by atoms with E-state index in [2.05, 4.69) is 12.2 Å². The van der Waals surface area contributed by atoms with Crippen molar-refractivity contribution >= 4 is 33.1 Å². The zero-order valence-electron chi connectivity index (χ0n) is 17.0. The number of aromatic hydroxyl groups is 1. The summed E-state index contributed by atoms with van der Waals surface area (Å²) in [6.07, 6.45) is 5.90. The summed E-state index contributed by atoms with van der Waals surface area (Å²) in [7, 11) is 0. The number of nitrogen functional groups attached to an aromatic ring is 1. The average molecular weight is 410 g/mol. The number of carbonyl (C=O) groups is 1. The number of nitrogens with zero attached hydrogens (tertiary/aromatic N) is 1. The lowest BCUT2D eigenvalue weighted by molar-refractivity contribution is 0.0959. The van der Waals surface area contributed by atoms with Crippen LogP contribution in [0.2, 0.25) is 0 Å². The predicted molar refractivity (Wildman–Crippen MR) is 119 cm³/mol. The molecule has 0 saturated heterocycles. The number of benzene rings is 1. The first kappa shape index (κ1) is 19.7. The van der Waals surface area contributed by atoms with Crippen LogP contribution in [0.15, 0.2) is 18.2 Å². The third-order valence-electron chi connectivity index (χ3n) is 5.70. The second-order valence-corrected chi connectivity index (χ2v) is 8.77. The number of phenols is 1. The number of hydrogen-bond donors (Lipinski definition) is 3. The molecule has 1 aliphatic rings. The van der Waals surface area contributed by atoms with Crippen molar-refractivity contribution in [2.45, 2.75) is 52.4 Å². The van der Waals surface area contributed by atoms with Gasteiger partial charge in [0.1, 0.15) is 15.5 Å². The zero-order chi connectivity index (χ0) is 20.5. The smallest absolute Gasteiger partial charge is 0.263 e.